The van der Waals surface area contributed by atoms with Crippen LogP contribution < -0.4 is 15.5 Å². The molecule has 6 rings (SSSR count). The molecule has 3 heterocycles. The number of hydrogen-bond acceptors (Lipinski definition) is 5. The summed E-state index contributed by atoms with van der Waals surface area (Å²) < 4.78 is 16.2. The van der Waals surface area contributed by atoms with Gasteiger partial charge in [-0.25, -0.2) is 9.18 Å². The number of aromatic carboxylic acids is 1. The largest absolute Gasteiger partial charge is 0.478 e. The molecule has 0 aliphatic carbocycles. The van der Waals surface area contributed by atoms with Crippen molar-refractivity contribution in [3.8, 4) is 0 Å². The number of carboxylic acids is 1. The van der Waals surface area contributed by atoms with Crippen LogP contribution in [0.5, 0.6) is 0 Å². The molecule has 4 aromatic rings. The number of nitrogens with one attached hydrogen (secondary N) is 2. The third-order valence-corrected chi connectivity index (χ3v) is 9.63. The first kappa shape index (κ1) is 32.0. The molecular weight excluding hydrogens is 626 g/mol. The van der Waals surface area contributed by atoms with Crippen molar-refractivity contribution in [2.24, 2.45) is 5.41 Å². The SMILES string of the molecule is CC(C)(C)C[C@@H]1N[C@@H](C(=O)Nc2cccnc2)[C@H](c2cccc(Cl)c2F)[C@]12CN(Cc1ccccc1C(=O)O)c1cc(Cl)ccc12. The number of carboxylic acid groups (broad SMARTS) is 1. The normalized spacial score (nSPS) is 22.2. The lowest BCUT2D eigenvalue weighted by molar-refractivity contribution is -0.118. The Hall–Kier alpha value is -3.98. The second-order valence-corrected chi connectivity index (χ2v) is 14.2. The summed E-state index contributed by atoms with van der Waals surface area (Å²) >= 11 is 13.0. The van der Waals surface area contributed by atoms with E-state index >= 15 is 4.39 Å². The van der Waals surface area contributed by atoms with Crippen LogP contribution in [0.4, 0.5) is 15.8 Å². The molecule has 2 aliphatic rings. The van der Waals surface area contributed by atoms with Gasteiger partial charge in [0.1, 0.15) is 5.82 Å². The first-order chi connectivity index (χ1) is 21.9. The molecule has 0 unspecified atom stereocenters. The van der Waals surface area contributed by atoms with E-state index in [0.29, 0.717) is 34.8 Å². The van der Waals surface area contributed by atoms with Crippen molar-refractivity contribution in [2.45, 2.75) is 57.2 Å². The van der Waals surface area contributed by atoms with E-state index in [9.17, 15) is 14.7 Å². The average molecular weight is 662 g/mol. The van der Waals surface area contributed by atoms with Gasteiger partial charge in [-0.05, 0) is 64.9 Å². The Balaban J connectivity index is 1.56. The summed E-state index contributed by atoms with van der Waals surface area (Å²) in [7, 11) is 0. The van der Waals surface area contributed by atoms with Crippen molar-refractivity contribution in [2.75, 3.05) is 16.8 Å². The van der Waals surface area contributed by atoms with Crippen molar-refractivity contribution < 1.29 is 19.1 Å². The number of pyridine rings is 1. The first-order valence-corrected chi connectivity index (χ1v) is 15.9. The van der Waals surface area contributed by atoms with E-state index in [4.69, 9.17) is 23.2 Å². The topological polar surface area (TPSA) is 94.6 Å². The number of aromatic nitrogens is 1. The van der Waals surface area contributed by atoms with E-state index in [0.717, 1.165) is 11.3 Å². The Bertz CT molecular complexity index is 1800. The number of anilines is 2. The summed E-state index contributed by atoms with van der Waals surface area (Å²) in [5.41, 5.74) is 2.40. The van der Waals surface area contributed by atoms with Gasteiger partial charge < -0.3 is 20.6 Å². The highest BCUT2D eigenvalue weighted by molar-refractivity contribution is 6.31. The van der Waals surface area contributed by atoms with Crippen molar-refractivity contribution in [1.82, 2.24) is 10.3 Å². The molecule has 1 saturated heterocycles. The van der Waals surface area contributed by atoms with Gasteiger partial charge >= 0.3 is 5.97 Å². The zero-order valence-corrected chi connectivity index (χ0v) is 27.2. The van der Waals surface area contributed by atoms with Gasteiger partial charge in [-0.2, -0.15) is 0 Å². The van der Waals surface area contributed by atoms with E-state index in [1.165, 1.54) is 6.07 Å². The average Bonchev–Trinajstić information content (AvgIpc) is 3.48. The zero-order valence-electron chi connectivity index (χ0n) is 25.7. The fourth-order valence-electron chi connectivity index (χ4n) is 7.35. The third-order valence-electron chi connectivity index (χ3n) is 9.10. The van der Waals surface area contributed by atoms with E-state index in [-0.39, 0.29) is 34.5 Å². The molecule has 46 heavy (non-hydrogen) atoms. The van der Waals surface area contributed by atoms with Gasteiger partial charge in [0.25, 0.3) is 0 Å². The summed E-state index contributed by atoms with van der Waals surface area (Å²) in [4.78, 5) is 32.7. The van der Waals surface area contributed by atoms with Crippen LogP contribution in [0.3, 0.4) is 0 Å². The minimum absolute atomic E-state index is 0.0279. The van der Waals surface area contributed by atoms with E-state index in [2.05, 4.69) is 41.3 Å². The Kier molecular flexibility index (Phi) is 8.57. The minimum atomic E-state index is -1.02. The maximum absolute atomic E-state index is 16.2. The van der Waals surface area contributed by atoms with Crippen LogP contribution >= 0.6 is 23.2 Å². The van der Waals surface area contributed by atoms with Crippen LogP contribution in [-0.4, -0.2) is 40.6 Å². The molecule has 0 bridgehead atoms. The monoisotopic (exact) mass is 660 g/mol. The van der Waals surface area contributed by atoms with Gasteiger partial charge in [-0.3, -0.25) is 9.78 Å². The highest BCUT2D eigenvalue weighted by Crippen LogP contribution is 2.58. The maximum atomic E-state index is 16.2. The highest BCUT2D eigenvalue weighted by Gasteiger charge is 2.63. The van der Waals surface area contributed by atoms with Gasteiger partial charge in [0, 0.05) is 47.4 Å². The second kappa shape index (κ2) is 12.3. The molecule has 1 fully saturated rings. The molecule has 7 nitrogen and oxygen atoms in total. The van der Waals surface area contributed by atoms with Crippen LogP contribution in [0.1, 0.15) is 60.2 Å². The number of amides is 1. The number of fused-ring (bicyclic) bond motifs is 2. The van der Waals surface area contributed by atoms with Crippen LogP contribution in [0.25, 0.3) is 0 Å². The van der Waals surface area contributed by atoms with Gasteiger partial charge in [-0.15, -0.1) is 0 Å². The van der Waals surface area contributed by atoms with Crippen molar-refractivity contribution >= 4 is 46.5 Å². The van der Waals surface area contributed by atoms with Crippen molar-refractivity contribution in [3.05, 3.63) is 123 Å². The number of nitrogens with zero attached hydrogens (tertiary/aromatic N) is 2. The predicted octanol–water partition coefficient (Wildman–Crippen LogP) is 7.68. The molecule has 10 heteroatoms. The summed E-state index contributed by atoms with van der Waals surface area (Å²) in [6, 6.07) is 19.8. The molecule has 1 amide bonds. The summed E-state index contributed by atoms with van der Waals surface area (Å²) in [5, 5.41) is 17.1. The number of rotatable bonds is 7. The lowest BCUT2D eigenvalue weighted by atomic mass is 9.63. The maximum Gasteiger partial charge on any atom is 0.336 e. The fraction of sp³-hybridized carbons (Fsp3) is 0.306. The quantitative estimate of drug-likeness (QED) is 0.188. The van der Waals surface area contributed by atoms with E-state index < -0.39 is 29.2 Å². The Morgan fingerprint density at radius 2 is 1.87 bits per heavy atom. The third kappa shape index (κ3) is 5.85. The van der Waals surface area contributed by atoms with Gasteiger partial charge in [0.15, 0.2) is 0 Å². The highest BCUT2D eigenvalue weighted by atomic mass is 35.5. The Labute approximate surface area is 277 Å². The molecule has 3 aromatic carbocycles. The molecule has 1 aromatic heterocycles. The predicted molar refractivity (Wildman–Crippen MR) is 179 cm³/mol. The zero-order chi connectivity index (χ0) is 32.8. The summed E-state index contributed by atoms with van der Waals surface area (Å²) in [6.07, 6.45) is 3.85. The lowest BCUT2D eigenvalue weighted by Crippen LogP contribution is -2.48. The summed E-state index contributed by atoms with van der Waals surface area (Å²) in [5.74, 6) is -2.61. The molecule has 0 radical (unpaired) electrons. The molecule has 3 N–H and O–H groups in total. The van der Waals surface area contributed by atoms with E-state index in [1.807, 2.05) is 24.3 Å². The summed E-state index contributed by atoms with van der Waals surface area (Å²) in [6.45, 7) is 7.06. The molecular formula is C36H35Cl2FN4O3. The minimum Gasteiger partial charge on any atom is -0.478 e. The van der Waals surface area contributed by atoms with Gasteiger partial charge in [0.2, 0.25) is 5.91 Å². The molecule has 1 spiro atoms. The number of carbonyl (C=O) groups excluding carboxylic acids is 1. The molecule has 2 aliphatic heterocycles. The van der Waals surface area contributed by atoms with Crippen LogP contribution in [0.2, 0.25) is 10.0 Å². The van der Waals surface area contributed by atoms with Crippen molar-refractivity contribution in [3.63, 3.8) is 0 Å². The standard InChI is InChI=1S/C36H35Cl2FN4O3/c1-35(2,3)17-29-36(20-43(28-16-22(37)13-14-26(28)36)19-21-8-4-5-10-24(21)34(45)46)30(25-11-6-12-27(38)31(25)39)32(42-29)33(44)41-23-9-7-15-40-18-23/h4-16,18,29-30,32,42H,17,19-20H2,1-3H3,(H,41,44)(H,45,46)/t29-,30-,32+,36-/m0/s1. The first-order valence-electron chi connectivity index (χ1n) is 15.2. The molecule has 0 saturated carbocycles. The number of carbonyl (C=O) groups is 2. The lowest BCUT2D eigenvalue weighted by Gasteiger charge is -2.40. The second-order valence-electron chi connectivity index (χ2n) is 13.3. The van der Waals surface area contributed by atoms with Gasteiger partial charge in [-0.1, -0.05) is 80.4 Å². The number of halogens is 3. The number of hydrogen-bond donors (Lipinski definition) is 3. The Morgan fingerprint density at radius 3 is 2.59 bits per heavy atom. The van der Waals surface area contributed by atoms with Gasteiger partial charge in [0.05, 0.1) is 28.5 Å². The van der Waals surface area contributed by atoms with Crippen LogP contribution in [-0.2, 0) is 16.8 Å². The fourth-order valence-corrected chi connectivity index (χ4v) is 7.70. The Morgan fingerprint density at radius 1 is 1.09 bits per heavy atom. The van der Waals surface area contributed by atoms with E-state index in [1.54, 1.807) is 54.9 Å². The smallest absolute Gasteiger partial charge is 0.336 e. The van der Waals surface area contributed by atoms with Crippen molar-refractivity contribution in [1.29, 1.82) is 0 Å². The van der Waals surface area contributed by atoms with Crippen LogP contribution in [0.15, 0.2) is 85.2 Å². The van der Waals surface area contributed by atoms with Crippen LogP contribution in [0, 0.1) is 11.2 Å². The molecule has 4 atom stereocenters. The molecule has 238 valence electrons. The number of benzene rings is 3.